The molecule has 2 aromatic heterocycles. The van der Waals surface area contributed by atoms with Crippen LogP contribution in [-0.4, -0.2) is 18.4 Å². The smallest absolute Gasteiger partial charge is 0.433 e. The van der Waals surface area contributed by atoms with Crippen LogP contribution in [0, 0.1) is 0 Å². The van der Waals surface area contributed by atoms with E-state index in [-0.39, 0.29) is 21.7 Å². The van der Waals surface area contributed by atoms with Crippen LogP contribution in [0.3, 0.4) is 0 Å². The van der Waals surface area contributed by atoms with E-state index in [0.717, 1.165) is 6.20 Å². The molecule has 10 heteroatoms. The minimum Gasteiger partial charge on any atom is -0.433 e. The van der Waals surface area contributed by atoms with E-state index in [1.807, 2.05) is 0 Å². The number of anilines is 1. The van der Waals surface area contributed by atoms with Gasteiger partial charge in [0.1, 0.15) is 10.4 Å². The first-order valence-corrected chi connectivity index (χ1v) is 7.65. The quantitative estimate of drug-likeness (QED) is 0.790. The molecule has 1 N–H and O–H groups in total. The number of benzene rings is 1. The average Bonchev–Trinajstić information content (AvgIpc) is 2.93. The van der Waals surface area contributed by atoms with E-state index in [1.165, 1.54) is 36.5 Å². The van der Waals surface area contributed by atoms with Gasteiger partial charge < -0.3 is 4.42 Å². The molecule has 0 atom stereocenters. The number of fused-ring (bicyclic) bond motifs is 1. The summed E-state index contributed by atoms with van der Waals surface area (Å²) in [6, 6.07) is 6.64. The molecule has 3 rings (SSSR count). The van der Waals surface area contributed by atoms with Gasteiger partial charge in [-0.2, -0.15) is 13.2 Å². The van der Waals surface area contributed by atoms with Gasteiger partial charge in [0.25, 0.3) is 10.0 Å². The van der Waals surface area contributed by atoms with E-state index >= 15 is 0 Å². The minimum absolute atomic E-state index is 0.120. The van der Waals surface area contributed by atoms with Crippen molar-refractivity contribution in [2.75, 3.05) is 4.72 Å². The van der Waals surface area contributed by atoms with Crippen molar-refractivity contribution in [3.63, 3.8) is 0 Å². The van der Waals surface area contributed by atoms with Gasteiger partial charge in [-0.05, 0) is 24.3 Å². The van der Waals surface area contributed by atoms with Crippen LogP contribution in [0.4, 0.5) is 18.9 Å². The van der Waals surface area contributed by atoms with Crippen molar-refractivity contribution >= 4 is 26.8 Å². The third kappa shape index (κ3) is 2.97. The minimum atomic E-state index is -4.77. The molecule has 0 saturated heterocycles. The molecule has 0 fully saturated rings. The molecule has 6 nitrogen and oxygen atoms in total. The van der Waals surface area contributed by atoms with Gasteiger partial charge in [0, 0.05) is 12.4 Å². The number of sulfonamides is 1. The van der Waals surface area contributed by atoms with Crippen LogP contribution in [0.2, 0.25) is 0 Å². The van der Waals surface area contributed by atoms with E-state index < -0.39 is 22.1 Å². The number of nitrogens with zero attached hydrogens (tertiary/aromatic N) is 2. The second-order valence-corrected chi connectivity index (χ2v) is 6.15. The molecule has 0 unspecified atom stereocenters. The number of halogens is 3. The van der Waals surface area contributed by atoms with Crippen molar-refractivity contribution < 1.29 is 26.0 Å². The molecule has 0 aliphatic heterocycles. The third-order valence-corrected chi connectivity index (χ3v) is 4.20. The summed E-state index contributed by atoms with van der Waals surface area (Å²) in [5.41, 5.74) is -0.526. The summed E-state index contributed by atoms with van der Waals surface area (Å²) in [5.74, 6) is -1.44. The van der Waals surface area contributed by atoms with Gasteiger partial charge in [0.15, 0.2) is 5.58 Å². The number of pyridine rings is 1. The molecule has 3 aromatic rings. The van der Waals surface area contributed by atoms with E-state index in [0.29, 0.717) is 0 Å². The molecule has 0 saturated carbocycles. The number of hydrogen-bond donors (Lipinski definition) is 1. The fourth-order valence-electron chi connectivity index (χ4n) is 1.86. The molecule has 0 radical (unpaired) electrons. The summed E-state index contributed by atoms with van der Waals surface area (Å²) >= 11 is 0. The van der Waals surface area contributed by atoms with E-state index in [2.05, 4.69) is 19.1 Å². The summed E-state index contributed by atoms with van der Waals surface area (Å²) in [7, 11) is -4.01. The first-order valence-electron chi connectivity index (χ1n) is 6.17. The molecule has 0 aliphatic carbocycles. The van der Waals surface area contributed by atoms with Gasteiger partial charge in [-0.1, -0.05) is 6.07 Å². The number of para-hydroxylation sites is 1. The maximum Gasteiger partial charge on any atom is 0.468 e. The van der Waals surface area contributed by atoms with Crippen LogP contribution >= 0.6 is 0 Å². The summed E-state index contributed by atoms with van der Waals surface area (Å²) in [6.07, 6.45) is -2.25. The lowest BCUT2D eigenvalue weighted by molar-refractivity contribution is -0.156. The standard InChI is InChI=1S/C13H8F3N3O3S/c14-13(15,16)12-18-11-9(4-1-5-10(11)22-12)19-23(20,21)8-3-2-6-17-7-8/h1-7,19H. The Morgan fingerprint density at radius 2 is 1.91 bits per heavy atom. The van der Waals surface area contributed by atoms with Crippen LogP contribution in [0.25, 0.3) is 11.1 Å². The zero-order chi connectivity index (χ0) is 16.7. The SMILES string of the molecule is O=S(=O)(Nc1cccc2oc(C(F)(F)F)nc12)c1cccnc1. The van der Waals surface area contributed by atoms with Gasteiger partial charge in [0.2, 0.25) is 0 Å². The second-order valence-electron chi connectivity index (χ2n) is 4.46. The lowest BCUT2D eigenvalue weighted by Gasteiger charge is -2.07. The summed E-state index contributed by atoms with van der Waals surface area (Å²) < 4.78 is 69.2. The van der Waals surface area contributed by atoms with Crippen LogP contribution in [0.15, 0.2) is 52.0 Å². The highest BCUT2D eigenvalue weighted by molar-refractivity contribution is 7.92. The molecular weight excluding hydrogens is 335 g/mol. The number of rotatable bonds is 3. The number of nitrogens with one attached hydrogen (secondary N) is 1. The Morgan fingerprint density at radius 3 is 2.57 bits per heavy atom. The van der Waals surface area contributed by atoms with Crippen LogP contribution < -0.4 is 4.72 Å². The highest BCUT2D eigenvalue weighted by Crippen LogP contribution is 2.33. The molecule has 0 amide bonds. The Kier molecular flexibility index (Phi) is 3.48. The lowest BCUT2D eigenvalue weighted by atomic mass is 10.3. The van der Waals surface area contributed by atoms with Crippen LogP contribution in [0.5, 0.6) is 0 Å². The predicted molar refractivity (Wildman–Crippen MR) is 74.1 cm³/mol. The van der Waals surface area contributed by atoms with Crippen molar-refractivity contribution in [1.82, 2.24) is 9.97 Å². The topological polar surface area (TPSA) is 85.1 Å². The largest absolute Gasteiger partial charge is 0.468 e. The van der Waals surface area contributed by atoms with Crippen molar-refractivity contribution in [3.05, 3.63) is 48.6 Å². The monoisotopic (exact) mass is 343 g/mol. The van der Waals surface area contributed by atoms with E-state index in [9.17, 15) is 21.6 Å². The molecule has 23 heavy (non-hydrogen) atoms. The van der Waals surface area contributed by atoms with Gasteiger partial charge in [0.05, 0.1) is 5.69 Å². The van der Waals surface area contributed by atoms with Crippen molar-refractivity contribution in [3.8, 4) is 0 Å². The number of alkyl halides is 3. The van der Waals surface area contributed by atoms with Crippen LogP contribution in [0.1, 0.15) is 5.89 Å². The maximum absolute atomic E-state index is 12.7. The third-order valence-electron chi connectivity index (χ3n) is 2.85. The number of hydrogen-bond acceptors (Lipinski definition) is 5. The van der Waals surface area contributed by atoms with Gasteiger partial charge >= 0.3 is 12.1 Å². The number of aromatic nitrogens is 2. The average molecular weight is 343 g/mol. The predicted octanol–water partition coefficient (Wildman–Crippen LogP) is 3.04. The summed E-state index contributed by atoms with van der Waals surface area (Å²) in [4.78, 5) is 6.89. The Bertz CT molecular complexity index is 953. The molecule has 1 aromatic carbocycles. The summed E-state index contributed by atoms with van der Waals surface area (Å²) in [5, 5.41) is 0. The van der Waals surface area contributed by atoms with Crippen molar-refractivity contribution in [1.29, 1.82) is 0 Å². The van der Waals surface area contributed by atoms with Crippen LogP contribution in [-0.2, 0) is 16.2 Å². The summed E-state index contributed by atoms with van der Waals surface area (Å²) in [6.45, 7) is 0. The first kappa shape index (κ1) is 15.3. The highest BCUT2D eigenvalue weighted by atomic mass is 32.2. The molecular formula is C13H8F3N3O3S. The first-order chi connectivity index (χ1) is 10.8. The van der Waals surface area contributed by atoms with Crippen molar-refractivity contribution in [2.24, 2.45) is 0 Å². The number of oxazole rings is 1. The second kappa shape index (κ2) is 5.23. The van der Waals surface area contributed by atoms with Gasteiger partial charge in [-0.25, -0.2) is 13.4 Å². The van der Waals surface area contributed by atoms with E-state index in [4.69, 9.17) is 0 Å². The molecule has 120 valence electrons. The zero-order valence-corrected chi connectivity index (χ0v) is 12.0. The zero-order valence-electron chi connectivity index (χ0n) is 11.2. The molecule has 0 bridgehead atoms. The Hall–Kier alpha value is -2.62. The lowest BCUT2D eigenvalue weighted by Crippen LogP contribution is -2.13. The molecule has 0 spiro atoms. The normalized spacial score (nSPS) is 12.5. The van der Waals surface area contributed by atoms with Gasteiger partial charge in [-0.15, -0.1) is 0 Å². The fourth-order valence-corrected chi connectivity index (χ4v) is 2.89. The maximum atomic E-state index is 12.7. The van der Waals surface area contributed by atoms with E-state index in [1.54, 1.807) is 0 Å². The Balaban J connectivity index is 2.06. The Labute approximate surface area is 128 Å². The molecule has 0 aliphatic rings. The Morgan fingerprint density at radius 1 is 1.13 bits per heavy atom. The fraction of sp³-hybridized carbons (Fsp3) is 0.0769. The highest BCUT2D eigenvalue weighted by Gasteiger charge is 2.38. The van der Waals surface area contributed by atoms with Gasteiger partial charge in [-0.3, -0.25) is 9.71 Å². The van der Waals surface area contributed by atoms with Crippen molar-refractivity contribution in [2.45, 2.75) is 11.1 Å². The molecule has 2 heterocycles.